The molecule has 4 heteroatoms. The van der Waals surface area contributed by atoms with Crippen molar-refractivity contribution in [1.82, 2.24) is 9.88 Å². The van der Waals surface area contributed by atoms with E-state index in [2.05, 4.69) is 9.88 Å². The molecule has 2 heterocycles. The van der Waals surface area contributed by atoms with Crippen LogP contribution in [0.3, 0.4) is 0 Å². The predicted octanol–water partition coefficient (Wildman–Crippen LogP) is 0.910. The molecule has 1 N–H and O–H groups in total. The van der Waals surface area contributed by atoms with Crippen molar-refractivity contribution in [2.75, 3.05) is 13.1 Å². The van der Waals surface area contributed by atoms with Crippen molar-refractivity contribution >= 4 is 0 Å². The Labute approximate surface area is 95.1 Å². The molecule has 0 saturated carbocycles. The third-order valence-corrected chi connectivity index (χ3v) is 3.04. The van der Waals surface area contributed by atoms with Gasteiger partial charge in [0.2, 0.25) is 0 Å². The third kappa shape index (κ3) is 2.21. The second-order valence-electron chi connectivity index (χ2n) is 4.38. The van der Waals surface area contributed by atoms with E-state index in [1.54, 1.807) is 12.3 Å². The largest absolute Gasteiger partial charge is 0.387 e. The topological polar surface area (TPSA) is 60.1 Å². The molecule has 0 amide bonds. The van der Waals surface area contributed by atoms with E-state index in [9.17, 15) is 5.11 Å². The van der Waals surface area contributed by atoms with Gasteiger partial charge in [-0.05, 0) is 24.1 Å². The average Bonchev–Trinajstić information content (AvgIpc) is 2.27. The highest BCUT2D eigenvalue weighted by atomic mass is 16.3. The minimum atomic E-state index is -0.495. The number of likely N-dealkylation sites (tertiary alicyclic amines) is 1. The maximum atomic E-state index is 9.86. The normalized spacial score (nSPS) is 18.8. The summed E-state index contributed by atoms with van der Waals surface area (Å²) in [6.45, 7) is 4.21. The van der Waals surface area contributed by atoms with Gasteiger partial charge in [0, 0.05) is 25.8 Å². The van der Waals surface area contributed by atoms with Crippen LogP contribution >= 0.6 is 0 Å². The van der Waals surface area contributed by atoms with E-state index >= 15 is 0 Å². The summed E-state index contributed by atoms with van der Waals surface area (Å²) in [6.07, 6.45) is 2.45. The lowest BCUT2D eigenvalue weighted by atomic mass is 9.91. The lowest BCUT2D eigenvalue weighted by molar-refractivity contribution is -0.103. The van der Waals surface area contributed by atoms with Crippen molar-refractivity contribution in [2.45, 2.75) is 25.5 Å². The molecule has 1 aromatic rings. The Morgan fingerprint density at radius 1 is 1.62 bits per heavy atom. The Kier molecular flexibility index (Phi) is 2.90. The Bertz CT molecular complexity index is 419. The Morgan fingerprint density at radius 2 is 2.38 bits per heavy atom. The molecule has 0 atom stereocenters. The van der Waals surface area contributed by atoms with Crippen LogP contribution in [-0.2, 0) is 6.54 Å². The number of nitriles is 1. The van der Waals surface area contributed by atoms with Gasteiger partial charge in [0.15, 0.2) is 0 Å². The van der Waals surface area contributed by atoms with Crippen LogP contribution in [0.15, 0.2) is 18.3 Å². The van der Waals surface area contributed by atoms with E-state index in [-0.39, 0.29) is 0 Å². The van der Waals surface area contributed by atoms with Gasteiger partial charge in [-0.25, -0.2) is 4.98 Å². The number of aliphatic hydroxyl groups is 1. The summed E-state index contributed by atoms with van der Waals surface area (Å²) in [5, 5.41) is 18.6. The molecule has 0 unspecified atom stereocenters. The quantitative estimate of drug-likeness (QED) is 0.817. The molecule has 1 aromatic heterocycles. The second-order valence-corrected chi connectivity index (χ2v) is 4.38. The smallest absolute Gasteiger partial charge is 0.140 e. The molecule has 0 aromatic carbocycles. The summed E-state index contributed by atoms with van der Waals surface area (Å²) < 4.78 is 0. The molecule has 0 spiro atoms. The van der Waals surface area contributed by atoms with Crippen LogP contribution in [-0.4, -0.2) is 33.7 Å². The molecule has 1 aliphatic heterocycles. The maximum absolute atomic E-state index is 9.86. The fourth-order valence-electron chi connectivity index (χ4n) is 2.01. The van der Waals surface area contributed by atoms with Crippen molar-refractivity contribution in [3.63, 3.8) is 0 Å². The van der Waals surface area contributed by atoms with E-state index in [1.807, 2.05) is 19.1 Å². The van der Waals surface area contributed by atoms with Crippen molar-refractivity contribution in [2.24, 2.45) is 0 Å². The van der Waals surface area contributed by atoms with E-state index in [0.29, 0.717) is 18.8 Å². The van der Waals surface area contributed by atoms with Crippen molar-refractivity contribution in [3.8, 4) is 6.07 Å². The van der Waals surface area contributed by atoms with Crippen molar-refractivity contribution in [3.05, 3.63) is 29.6 Å². The second kappa shape index (κ2) is 4.20. The molecule has 1 fully saturated rings. The lowest BCUT2D eigenvalue weighted by Gasteiger charge is -2.46. The van der Waals surface area contributed by atoms with Crippen LogP contribution in [0.2, 0.25) is 0 Å². The molecule has 4 nitrogen and oxygen atoms in total. The van der Waals surface area contributed by atoms with E-state index < -0.39 is 5.60 Å². The van der Waals surface area contributed by atoms with Gasteiger partial charge in [0.05, 0.1) is 5.60 Å². The van der Waals surface area contributed by atoms with Crippen LogP contribution in [0.4, 0.5) is 0 Å². The van der Waals surface area contributed by atoms with Gasteiger partial charge < -0.3 is 5.11 Å². The highest BCUT2D eigenvalue weighted by Crippen LogP contribution is 2.25. The fourth-order valence-corrected chi connectivity index (χ4v) is 2.01. The number of nitrogens with zero attached hydrogens (tertiary/aromatic N) is 3. The molecule has 0 radical (unpaired) electrons. The van der Waals surface area contributed by atoms with E-state index in [1.165, 1.54) is 0 Å². The average molecular weight is 217 g/mol. The molecule has 2 rings (SSSR count). The Balaban J connectivity index is 1.94. The molecule has 84 valence electrons. The number of rotatable bonds is 3. The molecular formula is C12H15N3O. The molecule has 1 aliphatic rings. The molecule has 0 bridgehead atoms. The maximum Gasteiger partial charge on any atom is 0.140 e. The van der Waals surface area contributed by atoms with Gasteiger partial charge in [0.1, 0.15) is 11.8 Å². The van der Waals surface area contributed by atoms with Gasteiger partial charge in [-0.15, -0.1) is 0 Å². The Hall–Kier alpha value is -1.44. The van der Waals surface area contributed by atoms with Crippen LogP contribution in [0, 0.1) is 11.3 Å². The summed E-state index contributed by atoms with van der Waals surface area (Å²) in [5.74, 6) is 0. The minimum absolute atomic E-state index is 0.448. The van der Waals surface area contributed by atoms with Crippen LogP contribution in [0.25, 0.3) is 0 Å². The summed E-state index contributed by atoms with van der Waals surface area (Å²) in [5.41, 5.74) is 1.03. The third-order valence-electron chi connectivity index (χ3n) is 3.04. The lowest BCUT2D eigenvalue weighted by Crippen LogP contribution is -2.60. The first-order chi connectivity index (χ1) is 7.65. The monoisotopic (exact) mass is 217 g/mol. The SMILES string of the molecule is CCC1(O)CN(Cc2ccnc(C#N)c2)C1. The number of pyridine rings is 1. The summed E-state index contributed by atoms with van der Waals surface area (Å²) in [7, 11) is 0. The van der Waals surface area contributed by atoms with Crippen LogP contribution < -0.4 is 0 Å². The fraction of sp³-hybridized carbons (Fsp3) is 0.500. The molecule has 0 aliphatic carbocycles. The van der Waals surface area contributed by atoms with Crippen LogP contribution in [0.5, 0.6) is 0 Å². The summed E-state index contributed by atoms with van der Waals surface area (Å²) >= 11 is 0. The minimum Gasteiger partial charge on any atom is -0.387 e. The molecule has 1 saturated heterocycles. The zero-order valence-corrected chi connectivity index (χ0v) is 9.35. The first-order valence-electron chi connectivity index (χ1n) is 5.45. The van der Waals surface area contributed by atoms with Crippen molar-refractivity contribution < 1.29 is 5.11 Å². The summed E-state index contributed by atoms with van der Waals surface area (Å²) in [6, 6.07) is 5.73. The van der Waals surface area contributed by atoms with Gasteiger partial charge in [-0.2, -0.15) is 5.26 Å². The van der Waals surface area contributed by atoms with Crippen molar-refractivity contribution in [1.29, 1.82) is 5.26 Å². The standard InChI is InChI=1S/C12H15N3O/c1-2-12(16)8-15(9-12)7-10-3-4-14-11(5-10)6-13/h3-5,16H,2,7-9H2,1H3. The van der Waals surface area contributed by atoms with Gasteiger partial charge >= 0.3 is 0 Å². The van der Waals surface area contributed by atoms with E-state index in [4.69, 9.17) is 5.26 Å². The first-order valence-corrected chi connectivity index (χ1v) is 5.45. The van der Waals surface area contributed by atoms with E-state index in [0.717, 1.165) is 18.5 Å². The predicted molar refractivity (Wildman–Crippen MR) is 59.5 cm³/mol. The number of aromatic nitrogens is 1. The van der Waals surface area contributed by atoms with Gasteiger partial charge in [-0.3, -0.25) is 4.90 Å². The zero-order chi connectivity index (χ0) is 11.6. The van der Waals surface area contributed by atoms with Gasteiger partial charge in [-0.1, -0.05) is 6.92 Å². The first kappa shape index (κ1) is 11.1. The molecule has 16 heavy (non-hydrogen) atoms. The molecular weight excluding hydrogens is 202 g/mol. The zero-order valence-electron chi connectivity index (χ0n) is 9.35. The number of hydrogen-bond donors (Lipinski definition) is 1. The van der Waals surface area contributed by atoms with Gasteiger partial charge in [0.25, 0.3) is 0 Å². The summed E-state index contributed by atoms with van der Waals surface area (Å²) in [4.78, 5) is 6.09. The highest BCUT2D eigenvalue weighted by molar-refractivity contribution is 5.25. The number of β-amino-alcohol motifs (C(OH)–C–C–N with tert-alkyl or cyclic N) is 1. The highest BCUT2D eigenvalue weighted by Gasteiger charge is 2.38. The Morgan fingerprint density at radius 3 is 3.00 bits per heavy atom. The number of hydrogen-bond acceptors (Lipinski definition) is 4. The van der Waals surface area contributed by atoms with Crippen LogP contribution in [0.1, 0.15) is 24.6 Å².